The van der Waals surface area contributed by atoms with Crippen LogP contribution in [0.2, 0.25) is 0 Å². The molecule has 1 aliphatic heterocycles. The van der Waals surface area contributed by atoms with Crippen molar-refractivity contribution < 1.29 is 9.59 Å². The number of hydrogen-bond acceptors (Lipinski definition) is 3. The fraction of sp³-hybridized carbons (Fsp3) is 0.174. The highest BCUT2D eigenvalue weighted by molar-refractivity contribution is 6.07. The van der Waals surface area contributed by atoms with E-state index < -0.39 is 0 Å². The molecule has 0 aliphatic carbocycles. The summed E-state index contributed by atoms with van der Waals surface area (Å²) in [4.78, 5) is 31.1. The van der Waals surface area contributed by atoms with Crippen LogP contribution in [0.4, 0.5) is 5.69 Å². The fourth-order valence-electron chi connectivity index (χ4n) is 3.45. The second-order valence-electron chi connectivity index (χ2n) is 6.80. The Morgan fingerprint density at radius 3 is 2.43 bits per heavy atom. The topological polar surface area (TPSA) is 62.3 Å². The molecule has 5 nitrogen and oxygen atoms in total. The number of benzene rings is 2. The SMILES string of the molecule is O=C(NCc1ccncc1)c1ccc(C(=O)N2CCCc3ccccc32)cc1. The molecule has 0 radical (unpaired) electrons. The highest BCUT2D eigenvalue weighted by Crippen LogP contribution is 2.28. The van der Waals surface area contributed by atoms with Crippen molar-refractivity contribution in [3.05, 3.63) is 95.3 Å². The second-order valence-corrected chi connectivity index (χ2v) is 6.80. The Balaban J connectivity index is 1.45. The number of carbonyl (C=O) groups is 2. The smallest absolute Gasteiger partial charge is 0.258 e. The minimum atomic E-state index is -0.167. The standard InChI is InChI=1S/C23H21N3O2/c27-22(25-16-17-11-13-24-14-12-17)19-7-9-20(10-8-19)23(28)26-15-3-5-18-4-1-2-6-21(18)26/h1-2,4,6-14H,3,5,15-16H2,(H,25,27). The summed E-state index contributed by atoms with van der Waals surface area (Å²) in [5.41, 5.74) is 4.29. The van der Waals surface area contributed by atoms with Gasteiger partial charge in [0, 0.05) is 42.3 Å². The molecule has 0 bridgehead atoms. The van der Waals surface area contributed by atoms with Gasteiger partial charge in [-0.15, -0.1) is 0 Å². The Labute approximate surface area is 164 Å². The van der Waals surface area contributed by atoms with Crippen LogP contribution in [0.1, 0.15) is 38.3 Å². The largest absolute Gasteiger partial charge is 0.348 e. The van der Waals surface area contributed by atoms with Gasteiger partial charge in [-0.3, -0.25) is 14.6 Å². The molecule has 4 rings (SSSR count). The first-order chi connectivity index (χ1) is 13.7. The first-order valence-corrected chi connectivity index (χ1v) is 9.39. The Bertz CT molecular complexity index is 984. The number of nitrogens with one attached hydrogen (secondary N) is 1. The number of amides is 2. The lowest BCUT2D eigenvalue weighted by Gasteiger charge is -2.29. The summed E-state index contributed by atoms with van der Waals surface area (Å²) >= 11 is 0. The summed E-state index contributed by atoms with van der Waals surface area (Å²) in [6, 6.07) is 18.6. The van der Waals surface area contributed by atoms with Crippen LogP contribution in [-0.4, -0.2) is 23.3 Å². The van der Waals surface area contributed by atoms with Gasteiger partial charge in [0.1, 0.15) is 0 Å². The van der Waals surface area contributed by atoms with Crippen LogP contribution in [-0.2, 0) is 13.0 Å². The van der Waals surface area contributed by atoms with E-state index in [1.165, 1.54) is 5.56 Å². The molecule has 0 saturated heterocycles. The van der Waals surface area contributed by atoms with Gasteiger partial charge in [0.05, 0.1) is 0 Å². The van der Waals surface area contributed by atoms with Crippen molar-refractivity contribution in [2.45, 2.75) is 19.4 Å². The van der Waals surface area contributed by atoms with Crippen molar-refractivity contribution in [1.82, 2.24) is 10.3 Å². The van der Waals surface area contributed by atoms with Crippen molar-refractivity contribution in [2.24, 2.45) is 0 Å². The lowest BCUT2D eigenvalue weighted by molar-refractivity contribution is 0.0947. The molecule has 2 aromatic carbocycles. The molecule has 28 heavy (non-hydrogen) atoms. The maximum atomic E-state index is 13.0. The minimum Gasteiger partial charge on any atom is -0.348 e. The zero-order valence-electron chi connectivity index (χ0n) is 15.5. The number of aromatic nitrogens is 1. The van der Waals surface area contributed by atoms with E-state index in [1.807, 2.05) is 35.2 Å². The molecule has 0 unspecified atom stereocenters. The Kier molecular flexibility index (Phi) is 5.15. The van der Waals surface area contributed by atoms with Gasteiger partial charge in [-0.2, -0.15) is 0 Å². The fourth-order valence-corrected chi connectivity index (χ4v) is 3.45. The second kappa shape index (κ2) is 8.05. The van der Waals surface area contributed by atoms with Crippen molar-refractivity contribution in [3.8, 4) is 0 Å². The van der Waals surface area contributed by atoms with E-state index in [-0.39, 0.29) is 11.8 Å². The maximum absolute atomic E-state index is 13.0. The molecule has 3 aromatic rings. The average molecular weight is 371 g/mol. The van der Waals surface area contributed by atoms with E-state index >= 15 is 0 Å². The number of carbonyl (C=O) groups excluding carboxylic acids is 2. The molecule has 140 valence electrons. The molecule has 1 aliphatic rings. The third kappa shape index (κ3) is 3.78. The molecule has 1 aromatic heterocycles. The third-order valence-electron chi connectivity index (χ3n) is 4.95. The summed E-state index contributed by atoms with van der Waals surface area (Å²) in [5, 5.41) is 2.88. The lowest BCUT2D eigenvalue weighted by Crippen LogP contribution is -2.35. The lowest BCUT2D eigenvalue weighted by atomic mass is 10.0. The zero-order chi connectivity index (χ0) is 19.3. The van der Waals surface area contributed by atoms with E-state index in [0.29, 0.717) is 24.2 Å². The zero-order valence-corrected chi connectivity index (χ0v) is 15.5. The van der Waals surface area contributed by atoms with Gasteiger partial charge < -0.3 is 10.2 Å². The molecule has 2 heterocycles. The predicted molar refractivity (Wildman–Crippen MR) is 108 cm³/mol. The number of rotatable bonds is 4. The molecular formula is C23H21N3O2. The van der Waals surface area contributed by atoms with Gasteiger partial charge in [0.25, 0.3) is 11.8 Å². The highest BCUT2D eigenvalue weighted by Gasteiger charge is 2.23. The first kappa shape index (κ1) is 17.9. The Morgan fingerprint density at radius 1 is 0.929 bits per heavy atom. The molecule has 0 saturated carbocycles. The summed E-state index contributed by atoms with van der Waals surface area (Å²) in [6.07, 6.45) is 5.34. The Morgan fingerprint density at radius 2 is 1.64 bits per heavy atom. The van der Waals surface area contributed by atoms with E-state index in [2.05, 4.69) is 16.4 Å². The average Bonchev–Trinajstić information content (AvgIpc) is 2.77. The summed E-state index contributed by atoms with van der Waals surface area (Å²) in [7, 11) is 0. The van der Waals surface area contributed by atoms with Crippen LogP contribution in [0.15, 0.2) is 73.1 Å². The molecule has 2 amide bonds. The minimum absolute atomic E-state index is 0.0316. The summed E-state index contributed by atoms with van der Waals surface area (Å²) < 4.78 is 0. The maximum Gasteiger partial charge on any atom is 0.258 e. The van der Waals surface area contributed by atoms with Gasteiger partial charge in [-0.25, -0.2) is 0 Å². The van der Waals surface area contributed by atoms with Crippen molar-refractivity contribution >= 4 is 17.5 Å². The molecule has 0 fully saturated rings. The number of fused-ring (bicyclic) bond motifs is 1. The van der Waals surface area contributed by atoms with Crippen LogP contribution in [0.3, 0.4) is 0 Å². The van der Waals surface area contributed by atoms with E-state index in [4.69, 9.17) is 0 Å². The number of hydrogen-bond donors (Lipinski definition) is 1. The highest BCUT2D eigenvalue weighted by atomic mass is 16.2. The van der Waals surface area contributed by atoms with Crippen LogP contribution in [0, 0.1) is 0 Å². The number of para-hydroxylation sites is 1. The number of pyridine rings is 1. The summed E-state index contributed by atoms with van der Waals surface area (Å²) in [5.74, 6) is -0.199. The van der Waals surface area contributed by atoms with Crippen LogP contribution >= 0.6 is 0 Å². The monoisotopic (exact) mass is 371 g/mol. The normalized spacial score (nSPS) is 12.9. The molecule has 0 spiro atoms. The number of nitrogens with zero attached hydrogens (tertiary/aromatic N) is 2. The van der Waals surface area contributed by atoms with Crippen molar-refractivity contribution in [3.63, 3.8) is 0 Å². The predicted octanol–water partition coefficient (Wildman–Crippen LogP) is 3.60. The van der Waals surface area contributed by atoms with Crippen LogP contribution in [0.5, 0.6) is 0 Å². The van der Waals surface area contributed by atoms with E-state index in [9.17, 15) is 9.59 Å². The van der Waals surface area contributed by atoms with Crippen LogP contribution in [0.25, 0.3) is 0 Å². The number of anilines is 1. The van der Waals surface area contributed by atoms with Gasteiger partial charge >= 0.3 is 0 Å². The van der Waals surface area contributed by atoms with Crippen LogP contribution < -0.4 is 10.2 Å². The quantitative estimate of drug-likeness (QED) is 0.762. The van der Waals surface area contributed by atoms with E-state index in [1.54, 1.807) is 36.7 Å². The van der Waals surface area contributed by atoms with Gasteiger partial charge in [0.15, 0.2) is 0 Å². The third-order valence-corrected chi connectivity index (χ3v) is 4.95. The van der Waals surface area contributed by atoms with Crippen molar-refractivity contribution in [1.29, 1.82) is 0 Å². The molecule has 0 atom stereocenters. The summed E-state index contributed by atoms with van der Waals surface area (Å²) in [6.45, 7) is 1.15. The van der Waals surface area contributed by atoms with Gasteiger partial charge in [0.2, 0.25) is 0 Å². The number of aryl methyl sites for hydroxylation is 1. The molecular weight excluding hydrogens is 350 g/mol. The van der Waals surface area contributed by atoms with Crippen molar-refractivity contribution in [2.75, 3.05) is 11.4 Å². The Hall–Kier alpha value is -3.47. The van der Waals surface area contributed by atoms with Gasteiger partial charge in [-0.1, -0.05) is 18.2 Å². The van der Waals surface area contributed by atoms with Gasteiger partial charge in [-0.05, 0) is 66.4 Å². The van der Waals surface area contributed by atoms with E-state index in [0.717, 1.165) is 24.1 Å². The first-order valence-electron chi connectivity index (χ1n) is 9.39. The molecule has 1 N–H and O–H groups in total. The molecule has 5 heteroatoms.